The molecule has 0 aromatic heterocycles. The zero-order chi connectivity index (χ0) is 14.0. The number of quaternary nitrogens is 1. The Labute approximate surface area is 109 Å². The lowest BCUT2D eigenvalue weighted by Gasteiger charge is -2.39. The quantitative estimate of drug-likeness (QED) is 0.283. The third-order valence-electron chi connectivity index (χ3n) is 3.08. The van der Waals surface area contributed by atoms with Gasteiger partial charge in [-0.1, -0.05) is 13.8 Å². The van der Waals surface area contributed by atoms with Crippen LogP contribution in [0.15, 0.2) is 0 Å². The Bertz CT molecular complexity index is 185. The van der Waals surface area contributed by atoms with Crippen LogP contribution in [0.5, 0.6) is 0 Å². The summed E-state index contributed by atoms with van der Waals surface area (Å²) in [6, 6.07) is 0.301. The number of hydrogen-bond acceptors (Lipinski definition) is 5. The molecule has 0 aliphatic heterocycles. The molecule has 1 unspecified atom stereocenters. The summed E-state index contributed by atoms with van der Waals surface area (Å²) in [7, 11) is 0. The van der Waals surface area contributed by atoms with E-state index in [2.05, 4.69) is 5.32 Å². The van der Waals surface area contributed by atoms with Crippen LogP contribution >= 0.6 is 0 Å². The van der Waals surface area contributed by atoms with Crippen LogP contribution in [0.2, 0.25) is 0 Å². The minimum atomic E-state index is -0.558. The third-order valence-corrected chi connectivity index (χ3v) is 3.08. The highest BCUT2D eigenvalue weighted by atomic mass is 16.3. The monoisotopic (exact) mass is 265 g/mol. The maximum Gasteiger partial charge on any atom is 0.115 e. The molecule has 18 heavy (non-hydrogen) atoms. The van der Waals surface area contributed by atoms with Crippen LogP contribution in [0.4, 0.5) is 0 Å². The molecular weight excluding hydrogens is 236 g/mol. The topological polar surface area (TPSA) is 93.0 Å². The van der Waals surface area contributed by atoms with Gasteiger partial charge in [0, 0.05) is 12.6 Å². The maximum absolute atomic E-state index is 9.99. The Hall–Kier alpha value is -0.240. The molecule has 0 bridgehead atoms. The molecule has 0 aliphatic carbocycles. The van der Waals surface area contributed by atoms with Crippen molar-refractivity contribution in [3.05, 3.63) is 0 Å². The van der Waals surface area contributed by atoms with Crippen LogP contribution in [0, 0.1) is 0 Å². The second kappa shape index (κ2) is 9.66. The fourth-order valence-corrected chi connectivity index (χ4v) is 2.13. The molecule has 0 radical (unpaired) electrons. The van der Waals surface area contributed by atoms with E-state index < -0.39 is 6.10 Å². The summed E-state index contributed by atoms with van der Waals surface area (Å²) in [5, 5.41) is 40.5. The Morgan fingerprint density at radius 3 is 1.72 bits per heavy atom. The number of nitrogens with zero attached hydrogens (tertiary/aromatic N) is 1. The van der Waals surface area contributed by atoms with Gasteiger partial charge in [0.2, 0.25) is 0 Å². The smallest absolute Gasteiger partial charge is 0.115 e. The lowest BCUT2D eigenvalue weighted by Crippen LogP contribution is -2.58. The van der Waals surface area contributed by atoms with Crippen molar-refractivity contribution in [3.8, 4) is 0 Å². The Morgan fingerprint density at radius 1 is 0.944 bits per heavy atom. The summed E-state index contributed by atoms with van der Waals surface area (Å²) >= 11 is 0. The van der Waals surface area contributed by atoms with Crippen molar-refractivity contribution in [2.24, 2.45) is 0 Å². The first kappa shape index (κ1) is 17.8. The highest BCUT2D eigenvalue weighted by molar-refractivity contribution is 4.63. The van der Waals surface area contributed by atoms with Gasteiger partial charge in [-0.3, -0.25) is 0 Å². The Balaban J connectivity index is 4.43. The number of nitrogens with one attached hydrogen (secondary N) is 1. The van der Waals surface area contributed by atoms with E-state index in [1.807, 2.05) is 13.8 Å². The predicted octanol–water partition coefficient (Wildman–Crippen LogP) is -1.86. The SMILES string of the molecule is CC(C)NCC(O)C[N+](CCO)(CCO)CCO. The van der Waals surface area contributed by atoms with Crippen molar-refractivity contribution < 1.29 is 24.9 Å². The van der Waals surface area contributed by atoms with Crippen LogP contribution in [0.25, 0.3) is 0 Å². The van der Waals surface area contributed by atoms with E-state index in [0.29, 0.717) is 43.2 Å². The minimum absolute atomic E-state index is 0.0235. The number of rotatable bonds is 11. The molecule has 6 heteroatoms. The molecule has 6 nitrogen and oxygen atoms in total. The zero-order valence-corrected chi connectivity index (χ0v) is 11.5. The molecule has 0 aromatic carbocycles. The van der Waals surface area contributed by atoms with E-state index in [9.17, 15) is 5.11 Å². The lowest BCUT2D eigenvalue weighted by molar-refractivity contribution is -0.931. The number of aliphatic hydroxyl groups excluding tert-OH is 4. The van der Waals surface area contributed by atoms with Crippen LogP contribution < -0.4 is 5.32 Å². The van der Waals surface area contributed by atoms with Crippen LogP contribution in [-0.4, -0.2) is 89.6 Å². The molecule has 1 atom stereocenters. The molecule has 0 aliphatic rings. The van der Waals surface area contributed by atoms with Gasteiger partial charge in [0.15, 0.2) is 0 Å². The molecule has 0 rings (SSSR count). The fraction of sp³-hybridized carbons (Fsp3) is 1.00. The standard InChI is InChI=1S/C12H29N2O4/c1-11(2)13-9-12(18)10-14(3-6-15,4-7-16)5-8-17/h11-13,15-18H,3-10H2,1-2H3/q+1. The summed E-state index contributed by atoms with van der Waals surface area (Å²) in [6.45, 7) is 6.12. The maximum atomic E-state index is 9.99. The van der Waals surface area contributed by atoms with Gasteiger partial charge in [-0.2, -0.15) is 0 Å². The summed E-state index contributed by atoms with van der Waals surface area (Å²) in [5.41, 5.74) is 0. The zero-order valence-electron chi connectivity index (χ0n) is 11.5. The third kappa shape index (κ3) is 7.25. The van der Waals surface area contributed by atoms with E-state index in [0.717, 1.165) is 0 Å². The van der Waals surface area contributed by atoms with Gasteiger partial charge in [-0.15, -0.1) is 0 Å². The molecule has 110 valence electrons. The summed E-state index contributed by atoms with van der Waals surface area (Å²) in [6.07, 6.45) is -0.558. The van der Waals surface area contributed by atoms with Crippen molar-refractivity contribution in [2.45, 2.75) is 26.0 Å². The number of aliphatic hydroxyl groups is 4. The average molecular weight is 265 g/mol. The van der Waals surface area contributed by atoms with Gasteiger partial charge in [0.1, 0.15) is 32.3 Å². The van der Waals surface area contributed by atoms with Gasteiger partial charge in [0.05, 0.1) is 19.8 Å². The van der Waals surface area contributed by atoms with E-state index in [1.165, 1.54) is 0 Å². The number of hydrogen-bond donors (Lipinski definition) is 5. The van der Waals surface area contributed by atoms with E-state index in [-0.39, 0.29) is 19.8 Å². The van der Waals surface area contributed by atoms with Crippen molar-refractivity contribution in [1.29, 1.82) is 0 Å². The van der Waals surface area contributed by atoms with Crippen LogP contribution in [-0.2, 0) is 0 Å². The van der Waals surface area contributed by atoms with Crippen LogP contribution in [0.3, 0.4) is 0 Å². The minimum Gasteiger partial charge on any atom is -0.391 e. The second-order valence-corrected chi connectivity index (χ2v) is 5.08. The summed E-state index contributed by atoms with van der Waals surface area (Å²) in [5.74, 6) is 0. The van der Waals surface area contributed by atoms with Gasteiger partial charge in [-0.05, 0) is 0 Å². The highest BCUT2D eigenvalue weighted by Crippen LogP contribution is 2.08. The first-order chi connectivity index (χ1) is 8.49. The normalized spacial score (nSPS) is 14.2. The Morgan fingerprint density at radius 2 is 1.39 bits per heavy atom. The summed E-state index contributed by atoms with van der Waals surface area (Å²) < 4.78 is 0.338. The molecule has 0 spiro atoms. The predicted molar refractivity (Wildman–Crippen MR) is 70.1 cm³/mol. The van der Waals surface area contributed by atoms with E-state index in [1.54, 1.807) is 0 Å². The molecular formula is C12H29N2O4+. The molecule has 0 heterocycles. The van der Waals surface area contributed by atoms with Crippen molar-refractivity contribution in [2.75, 3.05) is 52.5 Å². The largest absolute Gasteiger partial charge is 0.391 e. The van der Waals surface area contributed by atoms with Gasteiger partial charge in [-0.25, -0.2) is 0 Å². The summed E-state index contributed by atoms with van der Waals surface area (Å²) in [4.78, 5) is 0. The van der Waals surface area contributed by atoms with Gasteiger partial charge >= 0.3 is 0 Å². The fourth-order valence-electron chi connectivity index (χ4n) is 2.13. The average Bonchev–Trinajstić information content (AvgIpc) is 2.27. The van der Waals surface area contributed by atoms with E-state index in [4.69, 9.17) is 15.3 Å². The first-order valence-electron chi connectivity index (χ1n) is 6.59. The molecule has 0 saturated heterocycles. The van der Waals surface area contributed by atoms with Gasteiger partial charge < -0.3 is 30.2 Å². The van der Waals surface area contributed by atoms with Crippen LogP contribution in [0.1, 0.15) is 13.8 Å². The highest BCUT2D eigenvalue weighted by Gasteiger charge is 2.29. The lowest BCUT2D eigenvalue weighted by atomic mass is 10.2. The van der Waals surface area contributed by atoms with Gasteiger partial charge in [0.25, 0.3) is 0 Å². The van der Waals surface area contributed by atoms with E-state index >= 15 is 0 Å². The molecule has 0 amide bonds. The molecule has 5 N–H and O–H groups in total. The van der Waals surface area contributed by atoms with Crippen molar-refractivity contribution in [1.82, 2.24) is 5.32 Å². The molecule has 0 aromatic rings. The van der Waals surface area contributed by atoms with Crippen molar-refractivity contribution >= 4 is 0 Å². The Kier molecular flexibility index (Phi) is 9.53. The second-order valence-electron chi connectivity index (χ2n) is 5.08. The van der Waals surface area contributed by atoms with Crippen molar-refractivity contribution in [3.63, 3.8) is 0 Å². The molecule has 0 saturated carbocycles. The molecule has 0 fully saturated rings. The first-order valence-corrected chi connectivity index (χ1v) is 6.59.